The average molecular weight is 1580 g/mol. The van der Waals surface area contributed by atoms with Gasteiger partial charge in [0.1, 0.15) is 153 Å². The van der Waals surface area contributed by atoms with Crippen molar-refractivity contribution in [3.63, 3.8) is 0 Å². The second-order valence-corrected chi connectivity index (χ2v) is 26.1. The summed E-state index contributed by atoms with van der Waals surface area (Å²) in [7, 11) is 0. The number of aliphatic hydroxyl groups is 16. The summed E-state index contributed by atoms with van der Waals surface area (Å²) in [6.07, 6.45) is -42.1. The summed E-state index contributed by atoms with van der Waals surface area (Å²) in [4.78, 5) is 39.3. The first-order valence-corrected chi connectivity index (χ1v) is 34.0. The summed E-state index contributed by atoms with van der Waals surface area (Å²) in [6, 6.07) is 17.0. The van der Waals surface area contributed by atoms with Gasteiger partial charge in [-0.3, -0.25) is 0 Å². The molecule has 0 amide bonds. The van der Waals surface area contributed by atoms with Gasteiger partial charge in [-0.1, -0.05) is 18.2 Å². The number of rotatable bonds is 25. The summed E-state index contributed by atoms with van der Waals surface area (Å²) in [5.74, 6) is -9.45. The van der Waals surface area contributed by atoms with Gasteiger partial charge in [0.05, 0.1) is 24.8 Å². The van der Waals surface area contributed by atoms with Gasteiger partial charge < -0.3 is 179 Å². The second kappa shape index (κ2) is 35.8. The summed E-state index contributed by atoms with van der Waals surface area (Å²) in [5.41, 5.74) is 0.0687. The Bertz CT molecular complexity index is 4380. The highest BCUT2D eigenvalue weighted by atomic mass is 16.8. The van der Waals surface area contributed by atoms with E-state index in [0.29, 0.717) is 5.56 Å². The van der Waals surface area contributed by atoms with Crippen LogP contribution in [0.25, 0.3) is 40.5 Å². The van der Waals surface area contributed by atoms with Crippen LogP contribution in [-0.2, 0) is 57.0 Å². The fourth-order valence-electron chi connectivity index (χ4n) is 12.0. The van der Waals surface area contributed by atoms with Gasteiger partial charge in [-0.15, -0.1) is 0 Å². The first-order valence-electron chi connectivity index (χ1n) is 34.0. The maximum Gasteiger partial charge on any atom is 0.402 e. The van der Waals surface area contributed by atoms with Crippen LogP contribution in [0.15, 0.2) is 114 Å². The molecule has 5 fully saturated rings. The summed E-state index contributed by atoms with van der Waals surface area (Å²) >= 11 is 0. The van der Waals surface area contributed by atoms with Crippen molar-refractivity contribution < 1.29 is 198 Å². The standard InChI is InChI=1S/C72H78O40/c73-22-44-52(85)57(90)62(95)69(107-44)104-41-20-31(75)19-40-32(41)21-43(66(102-40)30-7-10-34(77)37(80)18-30)106-72-67(112-71-65(98)60(93)55(88)47(110-71)25-100-51(84)14-6-29-2-9-35(78)42(17-29)105-70-63(96)58(91)53(86)45(23-74)108-70)61(94)56(89)48(111-72)26-101-50(83)13-5-28-3-11-39(38(81)16-28)103-68-64(97)59(92)54(87)46(109-68)24-99-49(82)12-4-27-1-8-33(76)36(79)15-27/h1-21,44-48,52-65,67-74,85-98H,22-26H2,(H6-,75,76,77,78,79,80,81,82,84)/p+1/b13-5+/t44?,45-,46?,47-,48?,52-,53-,54-,55+,56-,57+,58?,59+,60?,61+,62?,63?,64?,65?,67?,68-,69-,70-,71+,72-/m1/s1. The number of phenolic OH excluding ortho intramolecular Hbond substituents is 7. The predicted molar refractivity (Wildman–Crippen MR) is 366 cm³/mol. The minimum Gasteiger partial charge on any atom is -0.507 e. The fraction of sp³-hybridized carbons (Fsp3) is 0.417. The molecule has 0 bridgehead atoms. The predicted octanol–water partition coefficient (Wildman–Crippen LogP) is -4.35. The second-order valence-electron chi connectivity index (χ2n) is 26.1. The molecule has 0 spiro atoms. The minimum atomic E-state index is -2.33. The van der Waals surface area contributed by atoms with E-state index < -0.39 is 262 Å². The van der Waals surface area contributed by atoms with E-state index in [-0.39, 0.29) is 39.2 Å². The summed E-state index contributed by atoms with van der Waals surface area (Å²) < 4.78 is 80.2. The first kappa shape index (κ1) is 83.0. The molecule has 0 aliphatic carbocycles. The third kappa shape index (κ3) is 18.9. The van der Waals surface area contributed by atoms with Crippen LogP contribution >= 0.6 is 0 Å². The lowest BCUT2D eigenvalue weighted by Crippen LogP contribution is -2.65. The van der Waals surface area contributed by atoms with Gasteiger partial charge in [0, 0.05) is 36.4 Å². The highest BCUT2D eigenvalue weighted by molar-refractivity contribution is 5.90. The molecule has 5 aromatic carbocycles. The Morgan fingerprint density at radius 1 is 0.348 bits per heavy atom. The van der Waals surface area contributed by atoms with Crippen molar-refractivity contribution in [1.29, 1.82) is 0 Å². The highest BCUT2D eigenvalue weighted by Gasteiger charge is 2.54. The fourth-order valence-corrected chi connectivity index (χ4v) is 12.0. The monoisotopic (exact) mass is 1580 g/mol. The molecule has 6 heterocycles. The van der Waals surface area contributed by atoms with E-state index in [1.807, 2.05) is 0 Å². The Kier molecular flexibility index (Phi) is 26.6. The zero-order valence-corrected chi connectivity index (χ0v) is 57.8. The Labute approximate surface area is 630 Å². The lowest BCUT2D eigenvalue weighted by molar-refractivity contribution is -0.358. The van der Waals surface area contributed by atoms with E-state index in [0.717, 1.165) is 91.0 Å². The lowest BCUT2D eigenvalue weighted by Gasteiger charge is -2.45. The largest absolute Gasteiger partial charge is 0.507 e. The molecule has 25 atom stereocenters. The Morgan fingerprint density at radius 3 is 1.23 bits per heavy atom. The van der Waals surface area contributed by atoms with Crippen LogP contribution in [0.2, 0.25) is 0 Å². The van der Waals surface area contributed by atoms with Crippen molar-refractivity contribution in [2.45, 2.75) is 154 Å². The number of phenols is 7. The number of carbonyl (C=O) groups is 3. The molecule has 0 saturated carbocycles. The number of fused-ring (bicyclic) bond motifs is 1. The van der Waals surface area contributed by atoms with Crippen LogP contribution in [0.5, 0.6) is 63.2 Å². The van der Waals surface area contributed by atoms with Crippen molar-refractivity contribution in [1.82, 2.24) is 0 Å². The number of aromatic hydroxyl groups is 7. The van der Waals surface area contributed by atoms with E-state index in [1.165, 1.54) is 36.4 Å². The number of aliphatic hydroxyl groups excluding tert-OH is 16. The Hall–Kier alpha value is -9.94. The minimum absolute atomic E-state index is 0.0743. The van der Waals surface area contributed by atoms with Crippen LogP contribution in [0.4, 0.5) is 0 Å². The van der Waals surface area contributed by atoms with Gasteiger partial charge in [-0.2, -0.15) is 0 Å². The molecule has 40 nitrogen and oxygen atoms in total. The third-order valence-electron chi connectivity index (χ3n) is 18.4. The van der Waals surface area contributed by atoms with E-state index in [4.69, 9.17) is 66.0 Å². The molecule has 0 radical (unpaired) electrons. The Balaban J connectivity index is 0.819. The average Bonchev–Trinajstić information content (AvgIpc) is 0.760. The van der Waals surface area contributed by atoms with E-state index in [9.17, 15) is 132 Å². The molecule has 5 saturated heterocycles. The molecular formula is C72H79O40+. The van der Waals surface area contributed by atoms with Crippen molar-refractivity contribution in [3.05, 3.63) is 126 Å². The van der Waals surface area contributed by atoms with Crippen LogP contribution < -0.4 is 18.9 Å². The molecule has 23 N–H and O–H groups in total. The number of ether oxygens (including phenoxy) is 13. The normalized spacial score (nSPS) is 32.3. The number of hydrogen-bond acceptors (Lipinski definition) is 39. The molecule has 112 heavy (non-hydrogen) atoms. The number of benzene rings is 5. The topological polar surface area (TPSA) is 648 Å². The zero-order chi connectivity index (χ0) is 80.8. The number of esters is 3. The highest BCUT2D eigenvalue weighted by Crippen LogP contribution is 2.45. The first-order chi connectivity index (χ1) is 53.3. The zero-order valence-electron chi connectivity index (χ0n) is 57.8. The maximum absolute atomic E-state index is 13.5. The van der Waals surface area contributed by atoms with Crippen molar-refractivity contribution in [2.24, 2.45) is 0 Å². The molecule has 10 unspecified atom stereocenters. The van der Waals surface area contributed by atoms with E-state index in [2.05, 4.69) is 0 Å². The van der Waals surface area contributed by atoms with Crippen molar-refractivity contribution >= 4 is 47.1 Å². The number of hydrogen-bond donors (Lipinski definition) is 23. The van der Waals surface area contributed by atoms with Crippen LogP contribution in [0, 0.1) is 0 Å². The van der Waals surface area contributed by atoms with Gasteiger partial charge >= 0.3 is 29.3 Å². The SMILES string of the molecule is O=C(/C=C/c1ccc(O)c(O)c1)OCC1O[C@@H](Oc2ccc(/C=C/C(=O)OCC3O[C@@H](Oc4cc5c(O[C@@H]6OC(CO)[C@@H](O)[C@H](O)C6O)cc(O)cc5[o+]c4-c4ccc(O)c(O)c4)C(O[C@@H]4O[C@H](COC(=O)/C=C/c5ccc(O)c(O[C@@H]6O[C@H](CO)[C@@H](O)C(O)C6O)c5)[C@H](O)C(O)C4O)[C@@H](O)[C@@H]3O)cc2O)C(O)[C@@H](O)[C@@H]1O. The molecule has 40 heteroatoms. The lowest BCUT2D eigenvalue weighted by atomic mass is 9.97. The van der Waals surface area contributed by atoms with Gasteiger partial charge in [0.15, 0.2) is 58.4 Å². The quantitative estimate of drug-likeness (QED) is 0.00847. The molecule has 5 aliphatic heterocycles. The molecule has 6 aromatic rings. The summed E-state index contributed by atoms with van der Waals surface area (Å²) in [5, 5.41) is 245. The van der Waals surface area contributed by atoms with Gasteiger partial charge in [0.2, 0.25) is 30.9 Å². The molecule has 1 aromatic heterocycles. The van der Waals surface area contributed by atoms with Gasteiger partial charge in [-0.05, 0) is 83.4 Å². The van der Waals surface area contributed by atoms with E-state index >= 15 is 0 Å². The van der Waals surface area contributed by atoms with Gasteiger partial charge in [0.25, 0.3) is 0 Å². The Morgan fingerprint density at radius 2 is 0.741 bits per heavy atom. The van der Waals surface area contributed by atoms with Crippen LogP contribution in [0.3, 0.4) is 0 Å². The molecular weight excluding hydrogens is 1500 g/mol. The van der Waals surface area contributed by atoms with Crippen molar-refractivity contribution in [3.8, 4) is 74.6 Å². The number of carbonyl (C=O) groups excluding carboxylic acids is 3. The molecule has 11 rings (SSSR count). The van der Waals surface area contributed by atoms with Crippen molar-refractivity contribution in [2.75, 3.05) is 33.0 Å². The third-order valence-corrected chi connectivity index (χ3v) is 18.4. The molecule has 606 valence electrons. The van der Waals surface area contributed by atoms with E-state index in [1.54, 1.807) is 0 Å². The van der Waals surface area contributed by atoms with Crippen LogP contribution in [-0.4, -0.2) is 322 Å². The smallest absolute Gasteiger partial charge is 0.402 e. The molecule has 5 aliphatic rings. The maximum atomic E-state index is 13.5. The van der Waals surface area contributed by atoms with Crippen LogP contribution in [0.1, 0.15) is 16.7 Å². The van der Waals surface area contributed by atoms with Gasteiger partial charge in [-0.25, -0.2) is 18.8 Å². The summed E-state index contributed by atoms with van der Waals surface area (Å²) in [6.45, 7) is -4.28.